The number of carbonyl (C=O) groups excluding carboxylic acids is 3. The van der Waals surface area contributed by atoms with Crippen LogP contribution in [-0.2, 0) is 14.4 Å². The largest absolute Gasteiger partial charge is 0.503 e. The molecule has 2 unspecified atom stereocenters. The minimum Gasteiger partial charge on any atom is -0.503 e. The molecule has 1 aliphatic carbocycles. The number of nitrogens with one attached hydrogen (secondary N) is 1. The van der Waals surface area contributed by atoms with Crippen molar-refractivity contribution in [2.45, 2.75) is 77.3 Å². The molecule has 164 valence electrons. The number of carbonyl (C=O) groups is 3. The van der Waals surface area contributed by atoms with E-state index in [1.165, 1.54) is 4.90 Å². The molecule has 1 fully saturated rings. The summed E-state index contributed by atoms with van der Waals surface area (Å²) in [6.45, 7) is 3.69. The molecule has 0 bridgehead atoms. The van der Waals surface area contributed by atoms with Crippen molar-refractivity contribution in [1.29, 1.82) is 0 Å². The number of aliphatic hydroxyl groups excluding tert-OH is 1. The number of nitrogens with zero attached hydrogens (tertiary/aromatic N) is 1. The number of ketones is 1. The van der Waals surface area contributed by atoms with Crippen molar-refractivity contribution in [3.05, 3.63) is 35.0 Å². The van der Waals surface area contributed by atoms with E-state index in [0.29, 0.717) is 30.8 Å². The number of rotatable bonds is 8. The van der Waals surface area contributed by atoms with Gasteiger partial charge in [0, 0.05) is 5.92 Å². The lowest BCUT2D eigenvalue weighted by Gasteiger charge is -2.32. The molecule has 30 heavy (non-hydrogen) atoms. The molecule has 1 aliphatic heterocycles. The van der Waals surface area contributed by atoms with Crippen molar-refractivity contribution in [3.8, 4) is 0 Å². The molecule has 1 aromatic heterocycles. The second kappa shape index (κ2) is 9.47. The van der Waals surface area contributed by atoms with Gasteiger partial charge in [0.1, 0.15) is 23.6 Å². The minimum absolute atomic E-state index is 0.00603. The van der Waals surface area contributed by atoms with E-state index < -0.39 is 29.7 Å². The van der Waals surface area contributed by atoms with E-state index in [1.54, 1.807) is 24.5 Å². The molecule has 0 spiro atoms. The summed E-state index contributed by atoms with van der Waals surface area (Å²) in [5.74, 6) is -1.80. The van der Waals surface area contributed by atoms with E-state index in [9.17, 15) is 24.7 Å². The summed E-state index contributed by atoms with van der Waals surface area (Å²) < 4.78 is 5.74. The average molecular weight is 418 g/mol. The summed E-state index contributed by atoms with van der Waals surface area (Å²) in [5, 5.41) is 20.0. The summed E-state index contributed by atoms with van der Waals surface area (Å²) in [6.07, 6.45) is 6.03. The van der Waals surface area contributed by atoms with Crippen LogP contribution in [0.4, 0.5) is 0 Å². The van der Waals surface area contributed by atoms with Crippen LogP contribution in [0.25, 0.3) is 0 Å². The van der Waals surface area contributed by atoms with E-state index in [0.717, 1.165) is 25.7 Å². The van der Waals surface area contributed by atoms with Crippen molar-refractivity contribution in [2.24, 2.45) is 5.92 Å². The Hall–Kier alpha value is -2.61. The van der Waals surface area contributed by atoms with Gasteiger partial charge in [0.15, 0.2) is 11.5 Å². The number of aryl methyl sites for hydroxylation is 1. The van der Waals surface area contributed by atoms with E-state index in [2.05, 4.69) is 0 Å². The first-order valence-electron chi connectivity index (χ1n) is 10.7. The SMILES string of the molecule is CCCCC(C(=O)NO)N1C(=O)C(O)=C(C(=O)C2CCCCC2)C1c1ccc(C)o1. The maximum atomic E-state index is 13.4. The molecule has 1 aromatic rings. The normalized spacial score (nSPS) is 21.2. The standard InChI is InChI=1S/C22H30N2O6/c1-3-4-10-15(21(27)23-29)24-18(16-12-11-13(2)30-16)17(20(26)22(24)28)19(25)14-8-6-5-7-9-14/h11-12,14-15,18,26,29H,3-10H2,1-2H3,(H,23,27). The molecule has 2 heterocycles. The van der Waals surface area contributed by atoms with Crippen LogP contribution in [0.3, 0.4) is 0 Å². The van der Waals surface area contributed by atoms with Crippen molar-refractivity contribution < 1.29 is 29.1 Å². The number of unbranched alkanes of at least 4 members (excludes halogenated alkanes) is 1. The summed E-state index contributed by atoms with van der Waals surface area (Å²) in [4.78, 5) is 40.1. The van der Waals surface area contributed by atoms with Gasteiger partial charge in [-0.05, 0) is 38.3 Å². The third-order valence-corrected chi connectivity index (χ3v) is 6.10. The number of hydrogen-bond acceptors (Lipinski definition) is 6. The number of furan rings is 1. The fourth-order valence-electron chi connectivity index (χ4n) is 4.53. The molecule has 8 nitrogen and oxygen atoms in total. The van der Waals surface area contributed by atoms with Crippen LogP contribution in [0.5, 0.6) is 0 Å². The van der Waals surface area contributed by atoms with Gasteiger partial charge in [-0.1, -0.05) is 39.0 Å². The fraction of sp³-hybridized carbons (Fsp3) is 0.591. The maximum Gasteiger partial charge on any atom is 0.290 e. The topological polar surface area (TPSA) is 120 Å². The quantitative estimate of drug-likeness (QED) is 0.439. The Morgan fingerprint density at radius 1 is 1.27 bits per heavy atom. The number of aliphatic hydroxyl groups is 1. The highest BCUT2D eigenvalue weighted by Gasteiger charge is 2.50. The fourth-order valence-corrected chi connectivity index (χ4v) is 4.53. The maximum absolute atomic E-state index is 13.4. The summed E-state index contributed by atoms with van der Waals surface area (Å²) >= 11 is 0. The highest BCUT2D eigenvalue weighted by atomic mass is 16.5. The number of hydroxylamine groups is 1. The molecular weight excluding hydrogens is 388 g/mol. The zero-order valence-electron chi connectivity index (χ0n) is 17.5. The van der Waals surface area contributed by atoms with Crippen molar-refractivity contribution in [3.63, 3.8) is 0 Å². The Bertz CT molecular complexity index is 836. The molecule has 3 N–H and O–H groups in total. The number of amides is 2. The van der Waals surface area contributed by atoms with Gasteiger partial charge in [0.25, 0.3) is 11.8 Å². The Balaban J connectivity index is 2.05. The summed E-state index contributed by atoms with van der Waals surface area (Å²) in [6, 6.07) is 1.32. The first-order chi connectivity index (χ1) is 14.4. The Morgan fingerprint density at radius 3 is 2.53 bits per heavy atom. The zero-order chi connectivity index (χ0) is 21.8. The molecule has 3 rings (SSSR count). The molecule has 0 radical (unpaired) electrons. The molecule has 2 aliphatic rings. The summed E-state index contributed by atoms with van der Waals surface area (Å²) in [7, 11) is 0. The first kappa shape index (κ1) is 22.1. The molecule has 2 amide bonds. The van der Waals surface area contributed by atoms with Crippen LogP contribution in [-0.4, -0.2) is 38.9 Å². The molecule has 0 aromatic carbocycles. The predicted octanol–water partition coefficient (Wildman–Crippen LogP) is 3.50. The monoisotopic (exact) mass is 418 g/mol. The van der Waals surface area contributed by atoms with E-state index >= 15 is 0 Å². The highest BCUT2D eigenvalue weighted by Crippen LogP contribution is 2.43. The van der Waals surface area contributed by atoms with Gasteiger partial charge in [0.05, 0.1) is 5.57 Å². The molecule has 1 saturated carbocycles. The van der Waals surface area contributed by atoms with E-state index in [-0.39, 0.29) is 23.7 Å². The predicted molar refractivity (Wildman–Crippen MR) is 108 cm³/mol. The van der Waals surface area contributed by atoms with Gasteiger partial charge in [0.2, 0.25) is 0 Å². The van der Waals surface area contributed by atoms with Crippen LogP contribution in [0.15, 0.2) is 27.9 Å². The summed E-state index contributed by atoms with van der Waals surface area (Å²) in [5.41, 5.74) is 1.62. The van der Waals surface area contributed by atoms with Gasteiger partial charge in [-0.2, -0.15) is 0 Å². The zero-order valence-corrected chi connectivity index (χ0v) is 17.5. The Morgan fingerprint density at radius 2 is 1.97 bits per heavy atom. The lowest BCUT2D eigenvalue weighted by atomic mass is 9.82. The van der Waals surface area contributed by atoms with Crippen molar-refractivity contribution in [1.82, 2.24) is 10.4 Å². The van der Waals surface area contributed by atoms with Crippen LogP contribution < -0.4 is 5.48 Å². The molecular formula is C22H30N2O6. The average Bonchev–Trinajstić information content (AvgIpc) is 3.30. The molecule has 8 heteroatoms. The van der Waals surface area contributed by atoms with E-state index in [1.807, 2.05) is 6.92 Å². The third-order valence-electron chi connectivity index (χ3n) is 6.10. The van der Waals surface area contributed by atoms with Crippen LogP contribution in [0.1, 0.15) is 75.9 Å². The second-order valence-corrected chi connectivity index (χ2v) is 8.16. The highest BCUT2D eigenvalue weighted by molar-refractivity contribution is 6.10. The first-order valence-corrected chi connectivity index (χ1v) is 10.7. The van der Waals surface area contributed by atoms with Crippen LogP contribution in [0, 0.1) is 12.8 Å². The van der Waals surface area contributed by atoms with Gasteiger partial charge < -0.3 is 14.4 Å². The lowest BCUT2D eigenvalue weighted by molar-refractivity contribution is -0.144. The smallest absolute Gasteiger partial charge is 0.290 e. The minimum atomic E-state index is -1.04. The Kier molecular flexibility index (Phi) is 6.97. The van der Waals surface area contributed by atoms with Gasteiger partial charge in [-0.15, -0.1) is 0 Å². The lowest BCUT2D eigenvalue weighted by Crippen LogP contribution is -2.49. The molecule has 0 saturated heterocycles. The van der Waals surface area contributed by atoms with Gasteiger partial charge in [-0.25, -0.2) is 5.48 Å². The number of hydrogen-bond donors (Lipinski definition) is 3. The van der Waals surface area contributed by atoms with Gasteiger partial charge in [-0.3, -0.25) is 19.6 Å². The van der Waals surface area contributed by atoms with Crippen molar-refractivity contribution in [2.75, 3.05) is 0 Å². The van der Waals surface area contributed by atoms with Crippen LogP contribution in [0.2, 0.25) is 0 Å². The second-order valence-electron chi connectivity index (χ2n) is 8.16. The van der Waals surface area contributed by atoms with Crippen molar-refractivity contribution >= 4 is 17.6 Å². The number of Topliss-reactive ketones (excluding diaryl/α,β-unsaturated/α-hetero) is 1. The van der Waals surface area contributed by atoms with E-state index in [4.69, 9.17) is 4.42 Å². The van der Waals surface area contributed by atoms with Crippen LogP contribution >= 0.6 is 0 Å². The Labute approximate surface area is 175 Å². The third kappa shape index (κ3) is 4.14. The molecule has 2 atom stereocenters. The van der Waals surface area contributed by atoms with Gasteiger partial charge >= 0.3 is 0 Å².